The first kappa shape index (κ1) is 21.0. The Hall–Kier alpha value is -2.71. The molecule has 2 amide bonds. The first-order valence-electron chi connectivity index (χ1n) is 9.49. The molecule has 1 atom stereocenters. The van der Waals surface area contributed by atoms with Crippen molar-refractivity contribution in [2.75, 3.05) is 23.8 Å². The molecule has 1 aliphatic heterocycles. The second-order valence-electron chi connectivity index (χ2n) is 7.10. The van der Waals surface area contributed by atoms with E-state index in [0.29, 0.717) is 17.8 Å². The van der Waals surface area contributed by atoms with Gasteiger partial charge in [0.1, 0.15) is 0 Å². The number of anilines is 2. The average molecular weight is 416 g/mol. The highest BCUT2D eigenvalue weighted by Gasteiger charge is 2.35. The van der Waals surface area contributed by atoms with E-state index in [1.54, 1.807) is 24.0 Å². The maximum atomic E-state index is 12.7. The van der Waals surface area contributed by atoms with Gasteiger partial charge in [-0.3, -0.25) is 9.59 Å². The number of nitrogens with zero attached hydrogens (tertiary/aromatic N) is 1. The molecule has 0 saturated carbocycles. The van der Waals surface area contributed by atoms with E-state index >= 15 is 0 Å². The van der Waals surface area contributed by atoms with Crippen LogP contribution in [-0.4, -0.2) is 33.8 Å². The molecule has 1 fully saturated rings. The molecule has 0 aliphatic carbocycles. The highest BCUT2D eigenvalue weighted by molar-refractivity contribution is 7.89. The fraction of sp³-hybridized carbons (Fsp3) is 0.333. The van der Waals surface area contributed by atoms with Crippen molar-refractivity contribution >= 4 is 33.2 Å². The number of carbonyl (C=O) groups excluding carboxylic acids is 2. The molecule has 1 saturated heterocycles. The van der Waals surface area contributed by atoms with Crippen LogP contribution in [0.3, 0.4) is 0 Å². The van der Waals surface area contributed by atoms with Crippen LogP contribution in [0.4, 0.5) is 11.4 Å². The van der Waals surface area contributed by atoms with Gasteiger partial charge in [-0.1, -0.05) is 25.1 Å². The third-order valence-corrected chi connectivity index (χ3v) is 6.72. The molecule has 1 aliphatic rings. The number of benzene rings is 2. The minimum Gasteiger partial charge on any atom is -0.326 e. The fourth-order valence-corrected chi connectivity index (χ4v) is 4.36. The van der Waals surface area contributed by atoms with E-state index in [2.05, 4.69) is 17.0 Å². The van der Waals surface area contributed by atoms with Gasteiger partial charge < -0.3 is 10.2 Å². The Morgan fingerprint density at radius 1 is 1.17 bits per heavy atom. The maximum absolute atomic E-state index is 12.7. The van der Waals surface area contributed by atoms with Gasteiger partial charge in [-0.2, -0.15) is 0 Å². The summed E-state index contributed by atoms with van der Waals surface area (Å²) in [5.74, 6) is -0.904. The molecule has 0 spiro atoms. The van der Waals surface area contributed by atoms with E-state index in [0.717, 1.165) is 12.1 Å². The standard InChI is InChI=1S/C21H25N3O4S/c1-4-15-6-9-18(10-7-15)24-13-16(11-20(24)25)21(26)23-17-8-5-14(2)19(12-17)29(27,28)22-3/h5-10,12,16,22H,4,11,13H2,1-3H3,(H,23,26)/t16-/m0/s1. The molecular weight excluding hydrogens is 390 g/mol. The Morgan fingerprint density at radius 2 is 1.86 bits per heavy atom. The lowest BCUT2D eigenvalue weighted by atomic mass is 10.1. The van der Waals surface area contributed by atoms with Crippen molar-refractivity contribution in [3.05, 3.63) is 53.6 Å². The molecule has 0 unspecified atom stereocenters. The molecule has 0 bridgehead atoms. The van der Waals surface area contributed by atoms with Crippen molar-refractivity contribution in [3.63, 3.8) is 0 Å². The molecule has 1 heterocycles. The predicted molar refractivity (Wildman–Crippen MR) is 112 cm³/mol. The summed E-state index contributed by atoms with van der Waals surface area (Å²) in [6, 6.07) is 12.5. The number of carbonyl (C=O) groups is 2. The smallest absolute Gasteiger partial charge is 0.240 e. The predicted octanol–water partition coefficient (Wildman–Crippen LogP) is 2.46. The molecule has 3 rings (SSSR count). The minimum atomic E-state index is -3.63. The Morgan fingerprint density at radius 3 is 2.48 bits per heavy atom. The topological polar surface area (TPSA) is 95.6 Å². The fourth-order valence-electron chi connectivity index (χ4n) is 3.37. The first-order valence-corrected chi connectivity index (χ1v) is 11.0. The van der Waals surface area contributed by atoms with Crippen LogP contribution in [0.2, 0.25) is 0 Å². The third-order valence-electron chi connectivity index (χ3n) is 5.17. The van der Waals surface area contributed by atoms with Gasteiger partial charge in [0.2, 0.25) is 21.8 Å². The summed E-state index contributed by atoms with van der Waals surface area (Å²) in [5.41, 5.74) is 2.92. The molecule has 0 aromatic heterocycles. The van der Waals surface area contributed by atoms with Crippen molar-refractivity contribution in [3.8, 4) is 0 Å². The van der Waals surface area contributed by atoms with E-state index in [4.69, 9.17) is 0 Å². The van der Waals surface area contributed by atoms with Crippen LogP contribution >= 0.6 is 0 Å². The second kappa shape index (κ2) is 8.34. The van der Waals surface area contributed by atoms with Gasteiger partial charge >= 0.3 is 0 Å². The molecule has 154 valence electrons. The highest BCUT2D eigenvalue weighted by atomic mass is 32.2. The highest BCUT2D eigenvalue weighted by Crippen LogP contribution is 2.27. The largest absolute Gasteiger partial charge is 0.326 e. The maximum Gasteiger partial charge on any atom is 0.240 e. The summed E-state index contributed by atoms with van der Waals surface area (Å²) in [7, 11) is -2.29. The number of amides is 2. The van der Waals surface area contributed by atoms with Crippen molar-refractivity contribution < 1.29 is 18.0 Å². The summed E-state index contributed by atoms with van der Waals surface area (Å²) in [6.45, 7) is 4.05. The summed E-state index contributed by atoms with van der Waals surface area (Å²) >= 11 is 0. The molecule has 0 radical (unpaired) electrons. The quantitative estimate of drug-likeness (QED) is 0.758. The number of sulfonamides is 1. The van der Waals surface area contributed by atoms with Crippen LogP contribution in [0, 0.1) is 12.8 Å². The van der Waals surface area contributed by atoms with Gasteiger partial charge in [0.05, 0.1) is 10.8 Å². The van der Waals surface area contributed by atoms with Crippen LogP contribution < -0.4 is 14.9 Å². The normalized spacial score (nSPS) is 16.9. The Balaban J connectivity index is 1.73. The zero-order valence-electron chi connectivity index (χ0n) is 16.7. The van der Waals surface area contributed by atoms with Crippen molar-refractivity contribution in [1.82, 2.24) is 4.72 Å². The number of aryl methyl sites for hydroxylation is 2. The van der Waals surface area contributed by atoms with Crippen molar-refractivity contribution in [2.45, 2.75) is 31.6 Å². The Bertz CT molecular complexity index is 1030. The van der Waals surface area contributed by atoms with Gasteiger partial charge in [-0.05, 0) is 55.8 Å². The molecule has 7 nitrogen and oxygen atoms in total. The molecule has 2 aromatic carbocycles. The lowest BCUT2D eigenvalue weighted by molar-refractivity contribution is -0.122. The van der Waals surface area contributed by atoms with E-state index in [1.165, 1.54) is 18.7 Å². The number of hydrogen-bond acceptors (Lipinski definition) is 4. The summed E-state index contributed by atoms with van der Waals surface area (Å²) in [6.07, 6.45) is 1.04. The summed E-state index contributed by atoms with van der Waals surface area (Å²) in [4.78, 5) is 26.9. The first-order chi connectivity index (χ1) is 13.7. The van der Waals surface area contributed by atoms with E-state index in [1.807, 2.05) is 24.3 Å². The number of hydrogen-bond donors (Lipinski definition) is 2. The Labute approximate surface area is 171 Å². The lowest BCUT2D eigenvalue weighted by Gasteiger charge is -2.17. The monoisotopic (exact) mass is 415 g/mol. The zero-order chi connectivity index (χ0) is 21.2. The zero-order valence-corrected chi connectivity index (χ0v) is 17.5. The minimum absolute atomic E-state index is 0.100. The van der Waals surface area contributed by atoms with E-state index in [9.17, 15) is 18.0 Å². The molecule has 2 aromatic rings. The van der Waals surface area contributed by atoms with Crippen LogP contribution in [0.1, 0.15) is 24.5 Å². The SMILES string of the molecule is CCc1ccc(N2C[C@@H](C(=O)Nc3ccc(C)c(S(=O)(=O)NC)c3)CC2=O)cc1. The number of rotatable bonds is 6. The van der Waals surface area contributed by atoms with Crippen LogP contribution in [0.15, 0.2) is 47.4 Å². The van der Waals surface area contributed by atoms with Crippen molar-refractivity contribution in [2.24, 2.45) is 5.92 Å². The van der Waals surface area contributed by atoms with Crippen LogP contribution in [0.25, 0.3) is 0 Å². The van der Waals surface area contributed by atoms with E-state index in [-0.39, 0.29) is 23.1 Å². The average Bonchev–Trinajstić information content (AvgIpc) is 3.11. The molecule has 29 heavy (non-hydrogen) atoms. The molecule has 2 N–H and O–H groups in total. The van der Waals surface area contributed by atoms with Gasteiger partial charge in [0, 0.05) is 24.3 Å². The second-order valence-corrected chi connectivity index (χ2v) is 8.96. The van der Waals surface area contributed by atoms with Gasteiger partial charge in [-0.25, -0.2) is 13.1 Å². The van der Waals surface area contributed by atoms with Crippen molar-refractivity contribution in [1.29, 1.82) is 0 Å². The van der Waals surface area contributed by atoms with E-state index < -0.39 is 15.9 Å². The van der Waals surface area contributed by atoms with Crippen LogP contribution in [-0.2, 0) is 26.0 Å². The molecular formula is C21H25N3O4S. The summed E-state index contributed by atoms with van der Waals surface area (Å²) < 4.78 is 26.5. The van der Waals surface area contributed by atoms with Gasteiger partial charge in [0.25, 0.3) is 0 Å². The lowest BCUT2D eigenvalue weighted by Crippen LogP contribution is -2.28. The van der Waals surface area contributed by atoms with Gasteiger partial charge in [0.15, 0.2) is 0 Å². The van der Waals surface area contributed by atoms with Gasteiger partial charge in [-0.15, -0.1) is 0 Å². The number of nitrogens with one attached hydrogen (secondary N) is 2. The third kappa shape index (κ3) is 4.49. The summed E-state index contributed by atoms with van der Waals surface area (Å²) in [5, 5.41) is 2.75. The Kier molecular flexibility index (Phi) is 6.04. The molecule has 8 heteroatoms. The van der Waals surface area contributed by atoms with Crippen LogP contribution in [0.5, 0.6) is 0 Å².